The maximum absolute atomic E-state index is 13.4. The number of unbranched alkanes of at least 4 members (excludes halogenated alkanes) is 4. The van der Waals surface area contributed by atoms with Gasteiger partial charge in [-0.15, -0.1) is 0 Å². The second-order valence-electron chi connectivity index (χ2n) is 8.12. The highest BCUT2D eigenvalue weighted by Gasteiger charge is 2.47. The predicted molar refractivity (Wildman–Crippen MR) is 123 cm³/mol. The van der Waals surface area contributed by atoms with Crippen LogP contribution >= 0.6 is 0 Å². The standard InChI is InChI=1S/C27H36O4/c1-3-5-13-19-27(20-14-6-4-2,25(28)30-21-23-15-9-7-10-16-23)26(29)31-22-24-17-11-8-12-18-24/h7-12,15-18H,3-6,13-14,19-22H2,1-2H3. The Morgan fingerprint density at radius 1 is 0.645 bits per heavy atom. The Balaban J connectivity index is 2.19. The zero-order valence-corrected chi connectivity index (χ0v) is 19.0. The van der Waals surface area contributed by atoms with Gasteiger partial charge in [0.15, 0.2) is 5.41 Å². The van der Waals surface area contributed by atoms with E-state index in [-0.39, 0.29) is 13.2 Å². The minimum Gasteiger partial charge on any atom is -0.460 e. The molecule has 0 aliphatic heterocycles. The number of ether oxygens (including phenoxy) is 2. The maximum Gasteiger partial charge on any atom is 0.323 e. The lowest BCUT2D eigenvalue weighted by atomic mass is 9.77. The molecule has 0 saturated heterocycles. The normalized spacial score (nSPS) is 11.2. The molecule has 0 spiro atoms. The Hall–Kier alpha value is -2.62. The first kappa shape index (κ1) is 24.6. The molecule has 4 nitrogen and oxygen atoms in total. The van der Waals surface area contributed by atoms with Crippen molar-refractivity contribution in [3.63, 3.8) is 0 Å². The molecule has 0 N–H and O–H groups in total. The van der Waals surface area contributed by atoms with Crippen LogP contribution < -0.4 is 0 Å². The van der Waals surface area contributed by atoms with Gasteiger partial charge in [-0.05, 0) is 24.0 Å². The Bertz CT molecular complexity index is 703. The van der Waals surface area contributed by atoms with E-state index in [0.717, 1.165) is 49.7 Å². The molecule has 4 heteroatoms. The number of carbonyl (C=O) groups excluding carboxylic acids is 2. The molecule has 0 radical (unpaired) electrons. The average Bonchev–Trinajstić information content (AvgIpc) is 2.81. The van der Waals surface area contributed by atoms with E-state index in [1.165, 1.54) is 0 Å². The van der Waals surface area contributed by atoms with Gasteiger partial charge in [-0.1, -0.05) is 113 Å². The third-order valence-corrected chi connectivity index (χ3v) is 5.62. The van der Waals surface area contributed by atoms with Gasteiger partial charge < -0.3 is 9.47 Å². The topological polar surface area (TPSA) is 52.6 Å². The first-order valence-corrected chi connectivity index (χ1v) is 11.5. The van der Waals surface area contributed by atoms with E-state index in [4.69, 9.17) is 9.47 Å². The second kappa shape index (κ2) is 13.6. The first-order chi connectivity index (χ1) is 15.1. The van der Waals surface area contributed by atoms with E-state index in [9.17, 15) is 9.59 Å². The second-order valence-corrected chi connectivity index (χ2v) is 8.12. The Kier molecular flexibility index (Phi) is 10.8. The molecule has 0 aliphatic carbocycles. The summed E-state index contributed by atoms with van der Waals surface area (Å²) in [5, 5.41) is 0. The third kappa shape index (κ3) is 7.86. The fourth-order valence-electron chi connectivity index (χ4n) is 3.69. The number of hydrogen-bond acceptors (Lipinski definition) is 4. The zero-order chi connectivity index (χ0) is 22.4. The minimum atomic E-state index is -1.24. The summed E-state index contributed by atoms with van der Waals surface area (Å²) in [4.78, 5) is 26.7. The molecule has 31 heavy (non-hydrogen) atoms. The first-order valence-electron chi connectivity index (χ1n) is 11.5. The highest BCUT2D eigenvalue weighted by molar-refractivity contribution is 6.00. The van der Waals surface area contributed by atoms with Crippen molar-refractivity contribution >= 4 is 11.9 Å². The molecule has 168 valence electrons. The van der Waals surface area contributed by atoms with E-state index < -0.39 is 17.4 Å². The van der Waals surface area contributed by atoms with Crippen molar-refractivity contribution in [1.29, 1.82) is 0 Å². The summed E-state index contributed by atoms with van der Waals surface area (Å²) in [7, 11) is 0. The van der Waals surface area contributed by atoms with E-state index in [1.807, 2.05) is 60.7 Å². The molecule has 0 aromatic heterocycles. The molecule has 0 amide bonds. The monoisotopic (exact) mass is 424 g/mol. The molecule has 0 aliphatic rings. The van der Waals surface area contributed by atoms with Crippen LogP contribution in [0.3, 0.4) is 0 Å². The lowest BCUT2D eigenvalue weighted by molar-refractivity contribution is -0.176. The summed E-state index contributed by atoms with van der Waals surface area (Å²) < 4.78 is 11.4. The average molecular weight is 425 g/mol. The van der Waals surface area contributed by atoms with Crippen LogP contribution in [0.25, 0.3) is 0 Å². The predicted octanol–water partition coefficient (Wildman–Crippen LogP) is 6.62. The van der Waals surface area contributed by atoms with Crippen LogP contribution in [0, 0.1) is 5.41 Å². The van der Waals surface area contributed by atoms with E-state index in [2.05, 4.69) is 13.8 Å². The van der Waals surface area contributed by atoms with Gasteiger partial charge >= 0.3 is 11.9 Å². The minimum absolute atomic E-state index is 0.162. The van der Waals surface area contributed by atoms with Crippen LogP contribution in [0.4, 0.5) is 0 Å². The zero-order valence-electron chi connectivity index (χ0n) is 19.0. The summed E-state index contributed by atoms with van der Waals surface area (Å²) >= 11 is 0. The van der Waals surface area contributed by atoms with Gasteiger partial charge in [-0.3, -0.25) is 9.59 Å². The summed E-state index contributed by atoms with van der Waals surface area (Å²) in [6.07, 6.45) is 6.48. The molecule has 0 heterocycles. The summed E-state index contributed by atoms with van der Waals surface area (Å²) in [6, 6.07) is 19.1. The lowest BCUT2D eigenvalue weighted by Crippen LogP contribution is -2.42. The SMILES string of the molecule is CCCCCC(CCCCC)(C(=O)OCc1ccccc1)C(=O)OCc1ccccc1. The van der Waals surface area contributed by atoms with Gasteiger partial charge in [0.05, 0.1) is 0 Å². The van der Waals surface area contributed by atoms with Crippen LogP contribution in [-0.4, -0.2) is 11.9 Å². The van der Waals surface area contributed by atoms with Crippen LogP contribution in [0.15, 0.2) is 60.7 Å². The van der Waals surface area contributed by atoms with Crippen molar-refractivity contribution in [2.45, 2.75) is 78.4 Å². The van der Waals surface area contributed by atoms with Gasteiger partial charge in [0.25, 0.3) is 0 Å². The van der Waals surface area contributed by atoms with Gasteiger partial charge in [-0.2, -0.15) is 0 Å². The van der Waals surface area contributed by atoms with Crippen molar-refractivity contribution in [3.05, 3.63) is 71.8 Å². The number of esters is 2. The van der Waals surface area contributed by atoms with Crippen LogP contribution in [-0.2, 0) is 32.3 Å². The Morgan fingerprint density at radius 3 is 1.39 bits per heavy atom. The Morgan fingerprint density at radius 2 is 1.03 bits per heavy atom. The van der Waals surface area contributed by atoms with E-state index in [1.54, 1.807) is 0 Å². The van der Waals surface area contributed by atoms with Gasteiger partial charge in [-0.25, -0.2) is 0 Å². The molecule has 0 atom stereocenters. The highest BCUT2D eigenvalue weighted by Crippen LogP contribution is 2.36. The van der Waals surface area contributed by atoms with Gasteiger partial charge in [0.2, 0.25) is 0 Å². The number of hydrogen-bond donors (Lipinski definition) is 0. The fraction of sp³-hybridized carbons (Fsp3) is 0.481. The van der Waals surface area contributed by atoms with Gasteiger partial charge in [0.1, 0.15) is 13.2 Å². The van der Waals surface area contributed by atoms with Crippen LogP contribution in [0.1, 0.15) is 76.3 Å². The lowest BCUT2D eigenvalue weighted by Gasteiger charge is -2.29. The number of carbonyl (C=O) groups is 2. The largest absolute Gasteiger partial charge is 0.460 e. The van der Waals surface area contributed by atoms with Crippen molar-refractivity contribution < 1.29 is 19.1 Å². The smallest absolute Gasteiger partial charge is 0.323 e. The van der Waals surface area contributed by atoms with Crippen molar-refractivity contribution in [1.82, 2.24) is 0 Å². The van der Waals surface area contributed by atoms with E-state index in [0.29, 0.717) is 12.8 Å². The maximum atomic E-state index is 13.4. The van der Waals surface area contributed by atoms with Crippen molar-refractivity contribution in [3.8, 4) is 0 Å². The summed E-state index contributed by atoms with van der Waals surface area (Å²) in [5.41, 5.74) is 0.572. The van der Waals surface area contributed by atoms with Crippen molar-refractivity contribution in [2.24, 2.45) is 5.41 Å². The molecule has 0 bridgehead atoms. The molecule has 2 aromatic rings. The molecule has 0 unspecified atom stereocenters. The van der Waals surface area contributed by atoms with Gasteiger partial charge in [0, 0.05) is 0 Å². The summed E-state index contributed by atoms with van der Waals surface area (Å²) in [5.74, 6) is -0.914. The molecule has 0 saturated carbocycles. The quantitative estimate of drug-likeness (QED) is 0.194. The van der Waals surface area contributed by atoms with Crippen molar-refractivity contribution in [2.75, 3.05) is 0 Å². The molecule has 2 aromatic carbocycles. The Labute approximate surface area is 187 Å². The third-order valence-electron chi connectivity index (χ3n) is 5.62. The van der Waals surface area contributed by atoms with Crippen LogP contribution in [0.5, 0.6) is 0 Å². The fourth-order valence-corrected chi connectivity index (χ4v) is 3.69. The molecule has 2 rings (SSSR count). The summed E-state index contributed by atoms with van der Waals surface area (Å²) in [6.45, 7) is 4.55. The number of benzene rings is 2. The van der Waals surface area contributed by atoms with Crippen LogP contribution in [0.2, 0.25) is 0 Å². The number of rotatable bonds is 14. The highest BCUT2D eigenvalue weighted by atomic mass is 16.6. The molecule has 0 fully saturated rings. The van der Waals surface area contributed by atoms with E-state index >= 15 is 0 Å². The molecular formula is C27H36O4. The molecular weight excluding hydrogens is 388 g/mol.